The molecule has 1 aliphatic carbocycles. The highest BCUT2D eigenvalue weighted by atomic mass is 35.5. The summed E-state index contributed by atoms with van der Waals surface area (Å²) in [7, 11) is 0. The number of hydrogen-bond acceptors (Lipinski definition) is 5. The van der Waals surface area contributed by atoms with Gasteiger partial charge in [0.2, 0.25) is 0 Å². The van der Waals surface area contributed by atoms with Crippen LogP contribution < -0.4 is 10.6 Å². The average molecular weight is 608 g/mol. The monoisotopic (exact) mass is 607 g/mol. The van der Waals surface area contributed by atoms with Gasteiger partial charge in [-0.25, -0.2) is 0 Å². The molecule has 9 heteroatoms. The number of nitrogens with zero attached hydrogens (tertiary/aromatic N) is 2. The number of anilines is 1. The Labute approximate surface area is 252 Å². The predicted octanol–water partition coefficient (Wildman–Crippen LogP) is 8.88. The number of hydrogen-bond donors (Lipinski definition) is 1. The van der Waals surface area contributed by atoms with E-state index in [0.717, 1.165) is 45.3 Å². The van der Waals surface area contributed by atoms with Crippen molar-refractivity contribution < 1.29 is 18.0 Å². The van der Waals surface area contributed by atoms with E-state index in [9.17, 15) is 23.2 Å². The van der Waals surface area contributed by atoms with Crippen LogP contribution in [0.15, 0.2) is 82.2 Å². The van der Waals surface area contributed by atoms with Crippen molar-refractivity contribution in [1.82, 2.24) is 0 Å². The first-order valence-corrected chi connectivity index (χ1v) is 14.9. The third-order valence-corrected chi connectivity index (χ3v) is 9.26. The number of alkyl halides is 3. The first-order valence-electron chi connectivity index (χ1n) is 13.5. The van der Waals surface area contributed by atoms with E-state index in [1.807, 2.05) is 26.8 Å². The fourth-order valence-corrected chi connectivity index (χ4v) is 6.87. The van der Waals surface area contributed by atoms with E-state index >= 15 is 0 Å². The minimum Gasteiger partial charge on any atom is -0.384 e. The van der Waals surface area contributed by atoms with Gasteiger partial charge < -0.3 is 5.73 Å². The second kappa shape index (κ2) is 11.5. The Balaban J connectivity index is 1.65. The lowest BCUT2D eigenvalue weighted by atomic mass is 9.74. The van der Waals surface area contributed by atoms with Crippen molar-refractivity contribution in [3.05, 3.63) is 116 Å². The highest BCUT2D eigenvalue weighted by Crippen LogP contribution is 2.49. The zero-order chi connectivity index (χ0) is 30.3. The summed E-state index contributed by atoms with van der Waals surface area (Å²) in [6.07, 6.45) is -3.42. The number of thioether (sulfide) groups is 1. The molecule has 4 nitrogen and oxygen atoms in total. The molecule has 0 aromatic heterocycles. The number of rotatable bonds is 5. The van der Waals surface area contributed by atoms with Gasteiger partial charge in [0.25, 0.3) is 0 Å². The number of carbonyl (C=O) groups excluding carboxylic acids is 1. The van der Waals surface area contributed by atoms with Gasteiger partial charge in [-0.3, -0.25) is 9.69 Å². The lowest BCUT2D eigenvalue weighted by molar-refractivity contribution is -0.137. The molecule has 0 bridgehead atoms. The topological polar surface area (TPSA) is 70.1 Å². The van der Waals surface area contributed by atoms with Gasteiger partial charge in [0.05, 0.1) is 33.8 Å². The molecule has 3 aromatic rings. The summed E-state index contributed by atoms with van der Waals surface area (Å²) in [6, 6.07) is 17.6. The molecule has 216 valence electrons. The van der Waals surface area contributed by atoms with Gasteiger partial charge >= 0.3 is 6.18 Å². The van der Waals surface area contributed by atoms with E-state index < -0.39 is 17.7 Å². The molecule has 42 heavy (non-hydrogen) atoms. The average Bonchev–Trinajstić information content (AvgIpc) is 2.93. The summed E-state index contributed by atoms with van der Waals surface area (Å²) in [5.74, 6) is -0.220. The van der Waals surface area contributed by atoms with Crippen molar-refractivity contribution in [2.24, 2.45) is 5.73 Å². The van der Waals surface area contributed by atoms with Crippen LogP contribution in [0.3, 0.4) is 0 Å². The number of nitrogens with two attached hydrogens (primary N) is 1. The molecule has 2 N–H and O–H groups in total. The fourth-order valence-electron chi connectivity index (χ4n) is 5.71. The lowest BCUT2D eigenvalue weighted by Gasteiger charge is -2.40. The van der Waals surface area contributed by atoms with Crippen LogP contribution in [0.5, 0.6) is 0 Å². The highest BCUT2D eigenvalue weighted by Gasteiger charge is 2.42. The van der Waals surface area contributed by atoms with E-state index in [1.54, 1.807) is 11.8 Å². The summed E-state index contributed by atoms with van der Waals surface area (Å²) in [6.45, 7) is 6.01. The maximum Gasteiger partial charge on any atom is 0.416 e. The van der Waals surface area contributed by atoms with Crippen LogP contribution in [0.4, 0.5) is 18.9 Å². The number of ketones is 1. The van der Waals surface area contributed by atoms with Crippen LogP contribution in [-0.4, -0.2) is 5.78 Å². The van der Waals surface area contributed by atoms with Crippen molar-refractivity contribution >= 4 is 34.8 Å². The minimum atomic E-state index is -4.61. The van der Waals surface area contributed by atoms with Gasteiger partial charge in [0.15, 0.2) is 5.78 Å². The lowest BCUT2D eigenvalue weighted by Crippen LogP contribution is -2.39. The zero-order valence-corrected chi connectivity index (χ0v) is 25.0. The molecule has 0 saturated heterocycles. The van der Waals surface area contributed by atoms with Gasteiger partial charge in [-0.2, -0.15) is 18.4 Å². The molecule has 2 aliphatic rings. The SMILES string of the molecule is Cc1ccc(SCc2cc(C3C(C#N)=C(N)N(c4cc(C(F)(F)F)ccc4Cl)C4=C3C(=O)CCC4)c(C)cc2C)cc1. The standard InChI is InChI=1S/C33H29ClF3N3OS/c1-18-7-10-23(11-8-18)42-17-21-14-24(20(3)13-19(21)2)30-25(16-38)32(39)40(27-5-4-6-29(41)31(27)30)28-15-22(33(35,36)37)9-12-26(28)34/h7-15,30H,4-6,17,39H2,1-3H3. The van der Waals surface area contributed by atoms with Gasteiger partial charge in [0, 0.05) is 28.3 Å². The largest absolute Gasteiger partial charge is 0.416 e. The van der Waals surface area contributed by atoms with E-state index in [1.165, 1.54) is 10.5 Å². The number of carbonyl (C=O) groups is 1. The van der Waals surface area contributed by atoms with E-state index in [2.05, 4.69) is 36.4 Å². The fraction of sp³-hybridized carbons (Fsp3) is 0.273. The number of benzene rings is 3. The molecule has 1 unspecified atom stereocenters. The Bertz CT molecular complexity index is 1690. The Hall–Kier alpha value is -3.67. The van der Waals surface area contributed by atoms with E-state index in [-0.39, 0.29) is 34.3 Å². The molecule has 1 heterocycles. The van der Waals surface area contributed by atoms with Crippen LogP contribution in [0.2, 0.25) is 5.02 Å². The molecule has 1 aliphatic heterocycles. The molecular formula is C33H29ClF3N3OS. The van der Waals surface area contributed by atoms with Crippen molar-refractivity contribution in [3.8, 4) is 6.07 Å². The zero-order valence-electron chi connectivity index (χ0n) is 23.4. The Morgan fingerprint density at radius 2 is 1.76 bits per heavy atom. The minimum absolute atomic E-state index is 0.00629. The Kier molecular flexibility index (Phi) is 8.19. The molecular weight excluding hydrogens is 579 g/mol. The molecule has 0 amide bonds. The smallest absolute Gasteiger partial charge is 0.384 e. The van der Waals surface area contributed by atoms with E-state index in [4.69, 9.17) is 17.3 Å². The van der Waals surface area contributed by atoms with Crippen LogP contribution in [-0.2, 0) is 16.7 Å². The maximum atomic E-state index is 13.7. The predicted molar refractivity (Wildman–Crippen MR) is 161 cm³/mol. The number of allylic oxidation sites excluding steroid dienone is 3. The number of nitriles is 1. The van der Waals surface area contributed by atoms with Gasteiger partial charge in [-0.05, 0) is 86.2 Å². The third-order valence-electron chi connectivity index (χ3n) is 7.88. The molecule has 0 spiro atoms. The molecule has 5 rings (SSSR count). The third kappa shape index (κ3) is 5.56. The summed E-state index contributed by atoms with van der Waals surface area (Å²) in [5.41, 5.74) is 11.7. The second-order valence-electron chi connectivity index (χ2n) is 10.7. The first-order chi connectivity index (χ1) is 19.9. The number of aryl methyl sites for hydroxylation is 3. The molecule has 3 aromatic carbocycles. The summed E-state index contributed by atoms with van der Waals surface area (Å²) < 4.78 is 41.0. The van der Waals surface area contributed by atoms with Crippen molar-refractivity contribution in [2.75, 3.05) is 4.90 Å². The number of halogens is 4. The Morgan fingerprint density at radius 3 is 2.43 bits per heavy atom. The second-order valence-corrected chi connectivity index (χ2v) is 12.2. The van der Waals surface area contributed by atoms with Gasteiger partial charge in [-0.1, -0.05) is 41.4 Å². The number of Topliss-reactive ketones (excluding diaryl/α,β-unsaturated/α-hetero) is 1. The van der Waals surface area contributed by atoms with Crippen molar-refractivity contribution in [2.45, 2.75) is 62.8 Å². The van der Waals surface area contributed by atoms with Crippen LogP contribution in [0, 0.1) is 32.1 Å². The molecule has 1 atom stereocenters. The van der Waals surface area contributed by atoms with Crippen LogP contribution in [0.1, 0.15) is 58.6 Å². The van der Waals surface area contributed by atoms with Gasteiger partial charge in [-0.15, -0.1) is 11.8 Å². The van der Waals surface area contributed by atoms with E-state index in [0.29, 0.717) is 29.9 Å². The summed E-state index contributed by atoms with van der Waals surface area (Å²) >= 11 is 8.13. The highest BCUT2D eigenvalue weighted by molar-refractivity contribution is 7.98. The molecule has 0 fully saturated rings. The van der Waals surface area contributed by atoms with Crippen LogP contribution in [0.25, 0.3) is 0 Å². The van der Waals surface area contributed by atoms with Gasteiger partial charge in [0.1, 0.15) is 5.82 Å². The first kappa shape index (κ1) is 29.8. The molecule has 0 saturated carbocycles. The Morgan fingerprint density at radius 1 is 1.05 bits per heavy atom. The quantitative estimate of drug-likeness (QED) is 0.293. The normalized spacial score (nSPS) is 17.4. The van der Waals surface area contributed by atoms with Crippen molar-refractivity contribution in [1.29, 1.82) is 5.26 Å². The van der Waals surface area contributed by atoms with Crippen molar-refractivity contribution in [3.63, 3.8) is 0 Å². The maximum absolute atomic E-state index is 13.7. The van der Waals surface area contributed by atoms with Crippen LogP contribution >= 0.6 is 23.4 Å². The molecule has 0 radical (unpaired) electrons. The summed E-state index contributed by atoms with van der Waals surface area (Å²) in [5, 5.41) is 10.4. The summed E-state index contributed by atoms with van der Waals surface area (Å²) in [4.78, 5) is 16.1.